The summed E-state index contributed by atoms with van der Waals surface area (Å²) in [6, 6.07) is 9.76. The van der Waals surface area contributed by atoms with Gasteiger partial charge in [-0.15, -0.1) is 0 Å². The highest BCUT2D eigenvalue weighted by molar-refractivity contribution is 9.12. The molecule has 0 saturated carbocycles. The third kappa shape index (κ3) is 3.91. The molecule has 0 N–H and O–H groups in total. The molecule has 2 atom stereocenters. The van der Waals surface area contributed by atoms with Crippen molar-refractivity contribution in [3.8, 4) is 0 Å². The molecule has 4 heteroatoms. The molecular formula is C12H14Br2O2. The number of hydrogen-bond donors (Lipinski definition) is 0. The lowest BCUT2D eigenvalue weighted by molar-refractivity contribution is -0.146. The van der Waals surface area contributed by atoms with Gasteiger partial charge in [-0.1, -0.05) is 62.2 Å². The smallest absolute Gasteiger partial charge is 0.321 e. The predicted molar refractivity (Wildman–Crippen MR) is 72.1 cm³/mol. The van der Waals surface area contributed by atoms with Gasteiger partial charge in [0.1, 0.15) is 4.83 Å². The van der Waals surface area contributed by atoms with Gasteiger partial charge >= 0.3 is 5.97 Å². The highest BCUT2D eigenvalue weighted by atomic mass is 79.9. The number of ether oxygens (including phenoxy) is 1. The van der Waals surface area contributed by atoms with Crippen LogP contribution in [0.25, 0.3) is 0 Å². The highest BCUT2D eigenvalue weighted by Crippen LogP contribution is 2.31. The van der Waals surface area contributed by atoms with E-state index >= 15 is 0 Å². The molecular weight excluding hydrogens is 336 g/mol. The lowest BCUT2D eigenvalue weighted by Gasteiger charge is -2.17. The molecule has 1 aromatic rings. The van der Waals surface area contributed by atoms with Gasteiger partial charge in [-0.3, -0.25) is 4.79 Å². The van der Waals surface area contributed by atoms with Gasteiger partial charge in [-0.2, -0.15) is 0 Å². The lowest BCUT2D eigenvalue weighted by atomic mass is 10.1. The molecule has 0 spiro atoms. The maximum Gasteiger partial charge on any atom is 0.321 e. The van der Waals surface area contributed by atoms with Crippen molar-refractivity contribution in [3.63, 3.8) is 0 Å². The van der Waals surface area contributed by atoms with Gasteiger partial charge in [0, 0.05) is 0 Å². The van der Waals surface area contributed by atoms with Crippen LogP contribution in [0.15, 0.2) is 30.3 Å². The number of benzene rings is 1. The first-order valence-corrected chi connectivity index (χ1v) is 6.89. The van der Waals surface area contributed by atoms with Crippen molar-refractivity contribution in [1.29, 1.82) is 0 Å². The highest BCUT2D eigenvalue weighted by Gasteiger charge is 2.26. The SMILES string of the molecule is CC(C)OC(=O)C(Br)C(Br)c1ccccc1. The molecule has 1 aromatic carbocycles. The zero-order valence-corrected chi connectivity index (χ0v) is 12.4. The molecule has 0 heterocycles. The van der Waals surface area contributed by atoms with Crippen LogP contribution in [0.3, 0.4) is 0 Å². The van der Waals surface area contributed by atoms with Crippen molar-refractivity contribution in [2.24, 2.45) is 0 Å². The standard InChI is InChI=1S/C12H14Br2O2/c1-8(2)16-12(15)11(14)10(13)9-6-4-3-5-7-9/h3-8,10-11H,1-2H3. The summed E-state index contributed by atoms with van der Waals surface area (Å²) >= 11 is 6.85. The van der Waals surface area contributed by atoms with Crippen molar-refractivity contribution < 1.29 is 9.53 Å². The lowest BCUT2D eigenvalue weighted by Crippen LogP contribution is -2.24. The Morgan fingerprint density at radius 1 is 1.19 bits per heavy atom. The monoisotopic (exact) mass is 348 g/mol. The summed E-state index contributed by atoms with van der Waals surface area (Å²) in [6.07, 6.45) is -0.0944. The largest absolute Gasteiger partial charge is 0.462 e. The van der Waals surface area contributed by atoms with Crippen LogP contribution in [0.4, 0.5) is 0 Å². The Morgan fingerprint density at radius 3 is 2.25 bits per heavy atom. The summed E-state index contributed by atoms with van der Waals surface area (Å²) in [5.74, 6) is -0.249. The van der Waals surface area contributed by atoms with E-state index in [9.17, 15) is 4.79 Å². The molecule has 0 amide bonds. The number of hydrogen-bond acceptors (Lipinski definition) is 2. The second-order valence-corrected chi connectivity index (χ2v) is 5.67. The third-order valence-electron chi connectivity index (χ3n) is 1.95. The van der Waals surface area contributed by atoms with Crippen LogP contribution < -0.4 is 0 Å². The van der Waals surface area contributed by atoms with Crippen LogP contribution in [0.5, 0.6) is 0 Å². The van der Waals surface area contributed by atoms with Gasteiger partial charge in [-0.05, 0) is 19.4 Å². The summed E-state index contributed by atoms with van der Waals surface area (Å²) in [6.45, 7) is 3.67. The van der Waals surface area contributed by atoms with Crippen molar-refractivity contribution in [2.45, 2.75) is 29.6 Å². The summed E-state index contributed by atoms with van der Waals surface area (Å²) in [5.41, 5.74) is 1.05. The molecule has 88 valence electrons. The van der Waals surface area contributed by atoms with E-state index < -0.39 is 0 Å². The average molecular weight is 350 g/mol. The zero-order valence-electron chi connectivity index (χ0n) is 9.19. The first-order valence-electron chi connectivity index (χ1n) is 5.06. The van der Waals surface area contributed by atoms with Crippen molar-refractivity contribution in [1.82, 2.24) is 0 Å². The van der Waals surface area contributed by atoms with Gasteiger partial charge in [-0.25, -0.2) is 0 Å². The molecule has 0 radical (unpaired) electrons. The third-order valence-corrected chi connectivity index (χ3v) is 4.62. The molecule has 0 aliphatic carbocycles. The van der Waals surface area contributed by atoms with Gasteiger partial charge in [0.05, 0.1) is 10.9 Å². The molecule has 16 heavy (non-hydrogen) atoms. The number of halogens is 2. The first kappa shape index (κ1) is 13.7. The Hall–Kier alpha value is -0.350. The van der Waals surface area contributed by atoms with Gasteiger partial charge in [0.2, 0.25) is 0 Å². The van der Waals surface area contributed by atoms with E-state index in [1.54, 1.807) is 0 Å². The summed E-state index contributed by atoms with van der Waals surface area (Å²) in [5, 5.41) is 0. The van der Waals surface area contributed by atoms with E-state index in [2.05, 4.69) is 31.9 Å². The van der Waals surface area contributed by atoms with E-state index in [4.69, 9.17) is 4.74 Å². The number of rotatable bonds is 4. The molecule has 0 aliphatic heterocycles. The summed E-state index contributed by atoms with van der Waals surface area (Å²) < 4.78 is 5.14. The quantitative estimate of drug-likeness (QED) is 0.609. The number of carbonyl (C=O) groups is 1. The Labute approximate surface area is 113 Å². The normalized spacial score (nSPS) is 14.6. The Balaban J connectivity index is 2.67. The van der Waals surface area contributed by atoms with E-state index in [1.807, 2.05) is 44.2 Å². The van der Waals surface area contributed by atoms with Crippen molar-refractivity contribution in [2.75, 3.05) is 0 Å². The first-order chi connectivity index (χ1) is 7.52. The van der Waals surface area contributed by atoms with Crippen LogP contribution in [0, 0.1) is 0 Å². The Kier molecular flexibility index (Phi) is 5.49. The number of esters is 1. The van der Waals surface area contributed by atoms with Crippen LogP contribution in [0.1, 0.15) is 24.2 Å². The van der Waals surface area contributed by atoms with Crippen LogP contribution in [-0.2, 0) is 9.53 Å². The molecule has 2 unspecified atom stereocenters. The van der Waals surface area contributed by atoms with Crippen LogP contribution in [-0.4, -0.2) is 16.9 Å². The van der Waals surface area contributed by atoms with E-state index in [0.29, 0.717) is 0 Å². The van der Waals surface area contributed by atoms with Gasteiger partial charge in [0.25, 0.3) is 0 Å². The predicted octanol–water partition coefficient (Wildman–Crippen LogP) is 3.84. The maximum absolute atomic E-state index is 11.7. The fourth-order valence-corrected chi connectivity index (χ4v) is 2.16. The Bertz CT molecular complexity index is 338. The van der Waals surface area contributed by atoms with E-state index in [-0.39, 0.29) is 21.7 Å². The summed E-state index contributed by atoms with van der Waals surface area (Å²) in [4.78, 5) is 11.2. The molecule has 0 saturated heterocycles. The van der Waals surface area contributed by atoms with E-state index in [0.717, 1.165) is 5.56 Å². The fraction of sp³-hybridized carbons (Fsp3) is 0.417. The van der Waals surface area contributed by atoms with Gasteiger partial charge in [0.15, 0.2) is 0 Å². The molecule has 0 aliphatic rings. The minimum atomic E-state index is -0.378. The number of alkyl halides is 2. The van der Waals surface area contributed by atoms with Crippen LogP contribution in [0.2, 0.25) is 0 Å². The summed E-state index contributed by atoms with van der Waals surface area (Å²) in [7, 11) is 0. The molecule has 1 rings (SSSR count). The molecule has 2 nitrogen and oxygen atoms in total. The minimum Gasteiger partial charge on any atom is -0.462 e. The second-order valence-electron chi connectivity index (χ2n) is 3.70. The van der Waals surface area contributed by atoms with Gasteiger partial charge < -0.3 is 4.74 Å². The topological polar surface area (TPSA) is 26.3 Å². The molecule has 0 fully saturated rings. The maximum atomic E-state index is 11.7. The average Bonchev–Trinajstić information content (AvgIpc) is 2.27. The minimum absolute atomic E-state index is 0.0834. The second kappa shape index (κ2) is 6.40. The Morgan fingerprint density at radius 2 is 1.75 bits per heavy atom. The molecule has 0 bridgehead atoms. The molecule has 0 aromatic heterocycles. The number of carbonyl (C=O) groups excluding carboxylic acids is 1. The van der Waals surface area contributed by atoms with Crippen molar-refractivity contribution >= 4 is 37.8 Å². The van der Waals surface area contributed by atoms with Crippen molar-refractivity contribution in [3.05, 3.63) is 35.9 Å². The van der Waals surface area contributed by atoms with E-state index in [1.165, 1.54) is 0 Å². The van der Waals surface area contributed by atoms with Crippen LogP contribution >= 0.6 is 31.9 Å². The zero-order chi connectivity index (χ0) is 12.1. The fourth-order valence-electron chi connectivity index (χ4n) is 1.22.